The zero-order valence-corrected chi connectivity index (χ0v) is 9.30. The number of likely N-dealkylation sites (tertiary alicyclic amines) is 1. The van der Waals surface area contributed by atoms with E-state index in [0.717, 1.165) is 25.9 Å². The summed E-state index contributed by atoms with van der Waals surface area (Å²) >= 11 is 5.83. The summed E-state index contributed by atoms with van der Waals surface area (Å²) in [6, 6.07) is 0. The molecule has 1 saturated carbocycles. The monoisotopic (exact) mass is 215 g/mol. The third-order valence-electron chi connectivity index (χ3n) is 3.25. The SMILES string of the molecule is O=C(CC1CC1)N1CCCC(CCl)C1. The average molecular weight is 216 g/mol. The van der Waals surface area contributed by atoms with Crippen molar-refractivity contribution in [3.63, 3.8) is 0 Å². The number of hydrogen-bond acceptors (Lipinski definition) is 1. The minimum absolute atomic E-state index is 0.363. The van der Waals surface area contributed by atoms with Gasteiger partial charge in [0.2, 0.25) is 5.91 Å². The van der Waals surface area contributed by atoms with Gasteiger partial charge < -0.3 is 4.90 Å². The van der Waals surface area contributed by atoms with E-state index in [0.29, 0.717) is 23.6 Å². The van der Waals surface area contributed by atoms with Gasteiger partial charge >= 0.3 is 0 Å². The zero-order valence-electron chi connectivity index (χ0n) is 8.54. The van der Waals surface area contributed by atoms with Crippen LogP contribution in [0.15, 0.2) is 0 Å². The Balaban J connectivity index is 1.79. The Kier molecular flexibility index (Phi) is 3.32. The molecule has 1 aliphatic heterocycles. The maximum absolute atomic E-state index is 11.8. The fourth-order valence-electron chi connectivity index (χ4n) is 2.12. The Labute approximate surface area is 90.6 Å². The fourth-order valence-corrected chi connectivity index (χ4v) is 2.37. The van der Waals surface area contributed by atoms with Crippen LogP contribution >= 0.6 is 11.6 Å². The molecule has 0 N–H and O–H groups in total. The van der Waals surface area contributed by atoms with E-state index in [-0.39, 0.29) is 0 Å². The number of nitrogens with zero attached hydrogens (tertiary/aromatic N) is 1. The van der Waals surface area contributed by atoms with E-state index in [1.807, 2.05) is 4.90 Å². The number of piperidine rings is 1. The van der Waals surface area contributed by atoms with Crippen molar-refractivity contribution in [2.45, 2.75) is 32.1 Å². The van der Waals surface area contributed by atoms with E-state index in [9.17, 15) is 4.79 Å². The lowest BCUT2D eigenvalue weighted by molar-refractivity contribution is -0.133. The summed E-state index contributed by atoms with van der Waals surface area (Å²) in [5.41, 5.74) is 0. The number of halogens is 1. The molecule has 0 aromatic heterocycles. The molecule has 2 fully saturated rings. The number of alkyl halides is 1. The highest BCUT2D eigenvalue weighted by Gasteiger charge is 2.29. The first-order chi connectivity index (χ1) is 6.79. The third kappa shape index (κ3) is 2.63. The summed E-state index contributed by atoms with van der Waals surface area (Å²) in [6.07, 6.45) is 5.64. The first-order valence-corrected chi connectivity index (χ1v) is 6.17. The second kappa shape index (κ2) is 4.52. The van der Waals surface area contributed by atoms with Gasteiger partial charge in [0.05, 0.1) is 0 Å². The molecule has 0 aromatic carbocycles. The van der Waals surface area contributed by atoms with Gasteiger partial charge in [0.15, 0.2) is 0 Å². The largest absolute Gasteiger partial charge is 0.342 e. The van der Waals surface area contributed by atoms with Crippen LogP contribution in [0.1, 0.15) is 32.1 Å². The van der Waals surface area contributed by atoms with Gasteiger partial charge in [0.1, 0.15) is 0 Å². The third-order valence-corrected chi connectivity index (χ3v) is 3.69. The van der Waals surface area contributed by atoms with Crippen LogP contribution in [0.5, 0.6) is 0 Å². The molecule has 2 nitrogen and oxygen atoms in total. The van der Waals surface area contributed by atoms with Crippen molar-refractivity contribution in [2.24, 2.45) is 11.8 Å². The highest BCUT2D eigenvalue weighted by molar-refractivity contribution is 6.18. The first-order valence-electron chi connectivity index (χ1n) is 5.63. The molecule has 1 amide bonds. The molecule has 1 heterocycles. The molecule has 0 bridgehead atoms. The highest BCUT2D eigenvalue weighted by Crippen LogP contribution is 2.33. The minimum atomic E-state index is 0.363. The normalized spacial score (nSPS) is 27.8. The molecular weight excluding hydrogens is 198 g/mol. The molecular formula is C11H18ClNO. The van der Waals surface area contributed by atoms with Crippen LogP contribution in [-0.4, -0.2) is 29.8 Å². The summed E-state index contributed by atoms with van der Waals surface area (Å²) in [5, 5.41) is 0. The Morgan fingerprint density at radius 1 is 1.29 bits per heavy atom. The fraction of sp³-hybridized carbons (Fsp3) is 0.909. The summed E-state index contributed by atoms with van der Waals surface area (Å²) in [7, 11) is 0. The van der Waals surface area contributed by atoms with Crippen molar-refractivity contribution in [1.29, 1.82) is 0 Å². The number of amides is 1. The smallest absolute Gasteiger partial charge is 0.222 e. The van der Waals surface area contributed by atoms with Crippen molar-refractivity contribution < 1.29 is 4.79 Å². The van der Waals surface area contributed by atoms with Gasteiger partial charge in [-0.15, -0.1) is 11.6 Å². The molecule has 1 aliphatic carbocycles. The quantitative estimate of drug-likeness (QED) is 0.662. The van der Waals surface area contributed by atoms with Crippen LogP contribution < -0.4 is 0 Å². The molecule has 3 heteroatoms. The predicted octanol–water partition coefficient (Wildman–Crippen LogP) is 2.26. The molecule has 1 atom stereocenters. The van der Waals surface area contributed by atoms with E-state index >= 15 is 0 Å². The molecule has 80 valence electrons. The number of carbonyl (C=O) groups excluding carboxylic acids is 1. The molecule has 2 aliphatic rings. The molecule has 0 spiro atoms. The van der Waals surface area contributed by atoms with E-state index in [4.69, 9.17) is 11.6 Å². The second-order valence-corrected chi connectivity index (χ2v) is 4.96. The lowest BCUT2D eigenvalue weighted by atomic mass is 9.99. The molecule has 1 unspecified atom stereocenters. The average Bonchev–Trinajstić information content (AvgIpc) is 3.02. The molecule has 14 heavy (non-hydrogen) atoms. The molecule has 0 aromatic rings. The van der Waals surface area contributed by atoms with Crippen molar-refractivity contribution in [3.05, 3.63) is 0 Å². The van der Waals surface area contributed by atoms with E-state index < -0.39 is 0 Å². The number of hydrogen-bond donors (Lipinski definition) is 0. The van der Waals surface area contributed by atoms with Gasteiger partial charge in [-0.05, 0) is 37.5 Å². The van der Waals surface area contributed by atoms with Crippen LogP contribution in [0.2, 0.25) is 0 Å². The Morgan fingerprint density at radius 2 is 2.07 bits per heavy atom. The molecule has 0 radical (unpaired) electrons. The molecule has 1 saturated heterocycles. The van der Waals surface area contributed by atoms with Gasteiger partial charge in [-0.25, -0.2) is 0 Å². The summed E-state index contributed by atoms with van der Waals surface area (Å²) in [6.45, 7) is 1.86. The van der Waals surface area contributed by atoms with Crippen LogP contribution in [0, 0.1) is 11.8 Å². The van der Waals surface area contributed by atoms with Crippen molar-refractivity contribution in [2.75, 3.05) is 19.0 Å². The summed E-state index contributed by atoms with van der Waals surface area (Å²) in [5.74, 6) is 2.31. The van der Waals surface area contributed by atoms with Crippen molar-refractivity contribution in [3.8, 4) is 0 Å². The zero-order chi connectivity index (χ0) is 9.97. The lowest BCUT2D eigenvalue weighted by Gasteiger charge is -2.31. The van der Waals surface area contributed by atoms with Gasteiger partial charge in [0, 0.05) is 25.4 Å². The number of rotatable bonds is 3. The van der Waals surface area contributed by atoms with E-state index in [2.05, 4.69) is 0 Å². The van der Waals surface area contributed by atoms with Crippen LogP contribution in [0.3, 0.4) is 0 Å². The minimum Gasteiger partial charge on any atom is -0.342 e. The predicted molar refractivity (Wildman–Crippen MR) is 57.4 cm³/mol. The maximum Gasteiger partial charge on any atom is 0.222 e. The highest BCUT2D eigenvalue weighted by atomic mass is 35.5. The first kappa shape index (κ1) is 10.3. The van der Waals surface area contributed by atoms with Crippen LogP contribution in [0.25, 0.3) is 0 Å². The second-order valence-electron chi connectivity index (χ2n) is 4.65. The Bertz CT molecular complexity index is 215. The van der Waals surface area contributed by atoms with Gasteiger partial charge in [-0.3, -0.25) is 4.79 Å². The maximum atomic E-state index is 11.8. The topological polar surface area (TPSA) is 20.3 Å². The van der Waals surface area contributed by atoms with Crippen LogP contribution in [-0.2, 0) is 4.79 Å². The van der Waals surface area contributed by atoms with Crippen molar-refractivity contribution >= 4 is 17.5 Å². The van der Waals surface area contributed by atoms with Gasteiger partial charge in [-0.1, -0.05) is 0 Å². The summed E-state index contributed by atoms with van der Waals surface area (Å²) in [4.78, 5) is 13.8. The van der Waals surface area contributed by atoms with E-state index in [1.54, 1.807) is 0 Å². The Morgan fingerprint density at radius 3 is 2.71 bits per heavy atom. The van der Waals surface area contributed by atoms with E-state index in [1.165, 1.54) is 19.3 Å². The summed E-state index contributed by atoms with van der Waals surface area (Å²) < 4.78 is 0. The standard InChI is InChI=1S/C11H18ClNO/c12-7-10-2-1-5-13(8-10)11(14)6-9-3-4-9/h9-10H,1-8H2. The Hall–Kier alpha value is -0.240. The molecule has 2 rings (SSSR count). The van der Waals surface area contributed by atoms with Gasteiger partial charge in [-0.2, -0.15) is 0 Å². The lowest BCUT2D eigenvalue weighted by Crippen LogP contribution is -2.40. The van der Waals surface area contributed by atoms with Crippen LogP contribution in [0.4, 0.5) is 0 Å². The van der Waals surface area contributed by atoms with Crippen molar-refractivity contribution in [1.82, 2.24) is 4.90 Å². The number of carbonyl (C=O) groups is 1. The van der Waals surface area contributed by atoms with Gasteiger partial charge in [0.25, 0.3) is 0 Å².